The third kappa shape index (κ3) is 4.71. The van der Waals surface area contributed by atoms with Crippen molar-refractivity contribution in [3.63, 3.8) is 0 Å². The van der Waals surface area contributed by atoms with Gasteiger partial charge in [0.25, 0.3) is 0 Å². The van der Waals surface area contributed by atoms with E-state index in [0.29, 0.717) is 17.9 Å². The summed E-state index contributed by atoms with van der Waals surface area (Å²) in [5, 5.41) is 3.60. The second kappa shape index (κ2) is 7.41. The Hall–Kier alpha value is -1.61. The third-order valence-electron chi connectivity index (χ3n) is 3.69. The lowest BCUT2D eigenvalue weighted by Crippen LogP contribution is -2.25. The topological polar surface area (TPSA) is 40.7 Å². The number of imidazole rings is 1. The zero-order chi connectivity index (χ0) is 15.2. The molecule has 2 rings (SSSR count). The minimum Gasteiger partial charge on any atom is -0.348 e. The molecule has 1 aromatic heterocycles. The Bertz CT molecular complexity index is 512. The van der Waals surface area contributed by atoms with E-state index in [-0.39, 0.29) is 0 Å². The van der Waals surface area contributed by atoms with Crippen LogP contribution in [-0.4, -0.2) is 9.97 Å². The molecule has 3 heteroatoms. The second-order valence-electron chi connectivity index (χ2n) is 6.48. The van der Waals surface area contributed by atoms with E-state index >= 15 is 0 Å². The summed E-state index contributed by atoms with van der Waals surface area (Å²) < 4.78 is 0. The van der Waals surface area contributed by atoms with Gasteiger partial charge in [0.1, 0.15) is 5.82 Å². The fraction of sp³-hybridized carbons (Fsp3) is 0.500. The number of nitrogens with one attached hydrogen (secondary N) is 2. The van der Waals surface area contributed by atoms with E-state index in [4.69, 9.17) is 0 Å². The van der Waals surface area contributed by atoms with Crippen LogP contribution in [0, 0.1) is 11.8 Å². The molecule has 0 radical (unpaired) electrons. The number of benzene rings is 1. The zero-order valence-electron chi connectivity index (χ0n) is 13.6. The van der Waals surface area contributed by atoms with Crippen molar-refractivity contribution in [2.24, 2.45) is 11.8 Å². The van der Waals surface area contributed by atoms with Gasteiger partial charge in [0.15, 0.2) is 0 Å². The first kappa shape index (κ1) is 15.8. The lowest BCUT2D eigenvalue weighted by molar-refractivity contribution is 0.406. The number of aromatic amines is 1. The van der Waals surface area contributed by atoms with Gasteiger partial charge in [0.2, 0.25) is 0 Å². The average Bonchev–Trinajstić information content (AvgIpc) is 2.93. The van der Waals surface area contributed by atoms with E-state index in [2.05, 4.69) is 67.2 Å². The van der Waals surface area contributed by atoms with Gasteiger partial charge in [-0.3, -0.25) is 0 Å². The molecule has 3 nitrogen and oxygen atoms in total. The van der Waals surface area contributed by atoms with Crippen LogP contribution in [-0.2, 0) is 13.0 Å². The molecule has 2 aromatic rings. The molecule has 0 amide bonds. The van der Waals surface area contributed by atoms with Crippen LogP contribution in [0.4, 0.5) is 0 Å². The number of nitrogens with zero attached hydrogens (tertiary/aromatic N) is 1. The Morgan fingerprint density at radius 2 is 1.81 bits per heavy atom. The molecule has 0 spiro atoms. The Kier molecular flexibility index (Phi) is 5.57. The summed E-state index contributed by atoms with van der Waals surface area (Å²) in [4.78, 5) is 7.41. The van der Waals surface area contributed by atoms with Crippen LogP contribution in [0.15, 0.2) is 36.7 Å². The number of hydrogen-bond acceptors (Lipinski definition) is 2. The van der Waals surface area contributed by atoms with Crippen LogP contribution in [0.1, 0.15) is 50.7 Å². The van der Waals surface area contributed by atoms with Gasteiger partial charge >= 0.3 is 0 Å². The summed E-state index contributed by atoms with van der Waals surface area (Å²) in [5.74, 6) is 2.22. The highest BCUT2D eigenvalue weighted by molar-refractivity contribution is 5.25. The first-order valence-corrected chi connectivity index (χ1v) is 7.86. The highest BCUT2D eigenvalue weighted by Crippen LogP contribution is 2.23. The predicted octanol–water partition coefficient (Wildman–Crippen LogP) is 4.10. The molecule has 0 saturated heterocycles. The van der Waals surface area contributed by atoms with Crippen molar-refractivity contribution in [3.8, 4) is 0 Å². The summed E-state index contributed by atoms with van der Waals surface area (Å²) in [6.45, 7) is 9.79. The predicted molar refractivity (Wildman–Crippen MR) is 88.0 cm³/mol. The van der Waals surface area contributed by atoms with Crippen molar-refractivity contribution < 1.29 is 0 Å². The fourth-order valence-corrected chi connectivity index (χ4v) is 2.67. The molecule has 0 bridgehead atoms. The fourth-order valence-electron chi connectivity index (χ4n) is 2.67. The standard InChI is InChI=1S/C18H27N3/c1-13(2)11-15-5-7-16(8-6-15)18(14(3)4)21-12-17-19-9-10-20-17/h5-10,13-14,18,21H,11-12H2,1-4H3,(H,19,20). The first-order chi connectivity index (χ1) is 10.1. The summed E-state index contributed by atoms with van der Waals surface area (Å²) in [6, 6.07) is 9.40. The molecule has 114 valence electrons. The summed E-state index contributed by atoms with van der Waals surface area (Å²) >= 11 is 0. The lowest BCUT2D eigenvalue weighted by Gasteiger charge is -2.23. The number of hydrogen-bond donors (Lipinski definition) is 2. The smallest absolute Gasteiger partial charge is 0.120 e. The maximum absolute atomic E-state index is 4.27. The van der Waals surface area contributed by atoms with Gasteiger partial charge in [0.05, 0.1) is 6.54 Å². The normalized spacial score (nSPS) is 13.0. The van der Waals surface area contributed by atoms with E-state index in [9.17, 15) is 0 Å². The van der Waals surface area contributed by atoms with E-state index in [0.717, 1.165) is 18.8 Å². The largest absolute Gasteiger partial charge is 0.348 e. The van der Waals surface area contributed by atoms with Crippen molar-refractivity contribution in [1.82, 2.24) is 15.3 Å². The van der Waals surface area contributed by atoms with Crippen molar-refractivity contribution in [2.75, 3.05) is 0 Å². The molecular weight excluding hydrogens is 258 g/mol. The Labute approximate surface area is 128 Å². The van der Waals surface area contributed by atoms with Gasteiger partial charge in [-0.15, -0.1) is 0 Å². The van der Waals surface area contributed by atoms with E-state index in [1.807, 2.05) is 6.20 Å². The van der Waals surface area contributed by atoms with Crippen LogP contribution < -0.4 is 5.32 Å². The van der Waals surface area contributed by atoms with Crippen molar-refractivity contribution >= 4 is 0 Å². The van der Waals surface area contributed by atoms with Crippen molar-refractivity contribution in [3.05, 3.63) is 53.6 Å². The van der Waals surface area contributed by atoms with Gasteiger partial charge in [-0.1, -0.05) is 52.0 Å². The van der Waals surface area contributed by atoms with Gasteiger partial charge < -0.3 is 10.3 Å². The monoisotopic (exact) mass is 285 g/mol. The lowest BCUT2D eigenvalue weighted by atomic mass is 9.94. The maximum atomic E-state index is 4.27. The summed E-state index contributed by atoms with van der Waals surface area (Å²) in [6.07, 6.45) is 4.80. The van der Waals surface area contributed by atoms with E-state index in [1.165, 1.54) is 11.1 Å². The van der Waals surface area contributed by atoms with Gasteiger partial charge in [0, 0.05) is 18.4 Å². The Balaban J connectivity index is 2.03. The van der Waals surface area contributed by atoms with Crippen LogP contribution in [0.5, 0.6) is 0 Å². The molecule has 1 unspecified atom stereocenters. The molecule has 21 heavy (non-hydrogen) atoms. The van der Waals surface area contributed by atoms with Crippen LogP contribution in [0.3, 0.4) is 0 Å². The van der Waals surface area contributed by atoms with Crippen LogP contribution >= 0.6 is 0 Å². The molecule has 0 aliphatic rings. The minimum atomic E-state index is 0.350. The molecule has 0 aliphatic carbocycles. The molecule has 0 aliphatic heterocycles. The summed E-state index contributed by atoms with van der Waals surface area (Å²) in [7, 11) is 0. The maximum Gasteiger partial charge on any atom is 0.120 e. The first-order valence-electron chi connectivity index (χ1n) is 7.86. The molecule has 1 heterocycles. The number of aromatic nitrogens is 2. The molecule has 0 saturated carbocycles. The molecule has 0 fully saturated rings. The second-order valence-corrected chi connectivity index (χ2v) is 6.48. The highest BCUT2D eigenvalue weighted by Gasteiger charge is 2.15. The SMILES string of the molecule is CC(C)Cc1ccc(C(NCc2ncc[nH]2)C(C)C)cc1. The highest BCUT2D eigenvalue weighted by atomic mass is 15.0. The van der Waals surface area contributed by atoms with Crippen molar-refractivity contribution in [2.45, 2.75) is 46.7 Å². The number of rotatable bonds is 7. The van der Waals surface area contributed by atoms with Crippen LogP contribution in [0.2, 0.25) is 0 Å². The van der Waals surface area contributed by atoms with Crippen molar-refractivity contribution in [1.29, 1.82) is 0 Å². The molecular formula is C18H27N3. The summed E-state index contributed by atoms with van der Waals surface area (Å²) in [5.41, 5.74) is 2.77. The van der Waals surface area contributed by atoms with Gasteiger partial charge in [-0.05, 0) is 29.4 Å². The quantitative estimate of drug-likeness (QED) is 0.804. The van der Waals surface area contributed by atoms with Crippen LogP contribution in [0.25, 0.3) is 0 Å². The third-order valence-corrected chi connectivity index (χ3v) is 3.69. The zero-order valence-corrected chi connectivity index (χ0v) is 13.6. The number of H-pyrrole nitrogens is 1. The molecule has 1 aromatic carbocycles. The van der Waals surface area contributed by atoms with E-state index < -0.39 is 0 Å². The van der Waals surface area contributed by atoms with Gasteiger partial charge in [-0.2, -0.15) is 0 Å². The average molecular weight is 285 g/mol. The van der Waals surface area contributed by atoms with Gasteiger partial charge in [-0.25, -0.2) is 4.98 Å². The Morgan fingerprint density at radius 1 is 1.10 bits per heavy atom. The molecule has 1 atom stereocenters. The van der Waals surface area contributed by atoms with E-state index in [1.54, 1.807) is 6.20 Å². The minimum absolute atomic E-state index is 0.350. The molecule has 2 N–H and O–H groups in total. The Morgan fingerprint density at radius 3 is 2.33 bits per heavy atom.